The molecule has 1 aliphatic carbocycles. The Balaban J connectivity index is 1.72. The van der Waals surface area contributed by atoms with Crippen molar-refractivity contribution < 1.29 is 19.0 Å². The second-order valence-corrected chi connectivity index (χ2v) is 8.35. The average Bonchev–Trinajstić information content (AvgIpc) is 3.08. The maximum atomic E-state index is 12.9. The smallest absolute Gasteiger partial charge is 0.252 e. The molecular formula is C22H29ClFN3O3. The van der Waals surface area contributed by atoms with E-state index in [1.165, 1.54) is 19.2 Å². The van der Waals surface area contributed by atoms with E-state index in [9.17, 15) is 14.3 Å². The van der Waals surface area contributed by atoms with Gasteiger partial charge in [0.05, 0.1) is 34.8 Å². The summed E-state index contributed by atoms with van der Waals surface area (Å²) in [5.41, 5.74) is 1.37. The minimum absolute atomic E-state index is 0.115. The topological polar surface area (TPSA) is 76.4 Å². The number of aliphatic hydroxyl groups excluding tert-OH is 1. The van der Waals surface area contributed by atoms with Crippen LogP contribution in [0.5, 0.6) is 0 Å². The van der Waals surface area contributed by atoms with Crippen LogP contribution < -0.4 is 5.32 Å². The number of hydrogen-bond acceptors (Lipinski definition) is 4. The van der Waals surface area contributed by atoms with Crippen LogP contribution in [0.4, 0.5) is 4.39 Å². The van der Waals surface area contributed by atoms with E-state index in [1.54, 1.807) is 36.1 Å². The molecule has 1 atom stereocenters. The first-order chi connectivity index (χ1) is 14.5. The fraction of sp³-hybridized carbons (Fsp3) is 0.545. The summed E-state index contributed by atoms with van der Waals surface area (Å²) in [6.45, 7) is -0.260. The van der Waals surface area contributed by atoms with Gasteiger partial charge < -0.3 is 19.7 Å². The minimum Gasteiger partial charge on any atom is -0.389 e. The summed E-state index contributed by atoms with van der Waals surface area (Å²) >= 11 is 6.30. The lowest BCUT2D eigenvalue weighted by molar-refractivity contribution is -0.0205. The van der Waals surface area contributed by atoms with E-state index >= 15 is 0 Å². The van der Waals surface area contributed by atoms with Gasteiger partial charge in [-0.05, 0) is 25.0 Å². The third-order valence-electron chi connectivity index (χ3n) is 5.76. The molecule has 6 nitrogen and oxygen atoms in total. The number of imidazole rings is 1. The maximum absolute atomic E-state index is 12.9. The molecule has 30 heavy (non-hydrogen) atoms. The quantitative estimate of drug-likeness (QED) is 0.612. The van der Waals surface area contributed by atoms with Crippen molar-refractivity contribution in [2.45, 2.75) is 56.8 Å². The predicted octanol–water partition coefficient (Wildman–Crippen LogP) is 4.00. The summed E-state index contributed by atoms with van der Waals surface area (Å²) in [4.78, 5) is 17.2. The van der Waals surface area contributed by atoms with E-state index in [4.69, 9.17) is 16.3 Å². The molecule has 164 valence electrons. The molecule has 0 spiro atoms. The SMILES string of the molecule is COC1(CNC(=O)c2cc(-c3cn(CC(O)CF)cn3)ccc2Cl)CCCCCC1. The van der Waals surface area contributed by atoms with E-state index in [0.717, 1.165) is 25.7 Å². The Morgan fingerprint density at radius 3 is 2.77 bits per heavy atom. The second kappa shape index (κ2) is 10.4. The average molecular weight is 438 g/mol. The number of aliphatic hydroxyl groups is 1. The molecule has 1 heterocycles. The minimum atomic E-state index is -1.07. The van der Waals surface area contributed by atoms with Crippen LogP contribution >= 0.6 is 11.6 Å². The predicted molar refractivity (Wildman–Crippen MR) is 114 cm³/mol. The lowest BCUT2D eigenvalue weighted by Crippen LogP contribution is -2.44. The molecular weight excluding hydrogens is 409 g/mol. The molecule has 2 N–H and O–H groups in total. The Morgan fingerprint density at radius 2 is 2.10 bits per heavy atom. The first-order valence-corrected chi connectivity index (χ1v) is 10.7. The number of halogens is 2. The Labute approximate surface area is 181 Å². The summed E-state index contributed by atoms with van der Waals surface area (Å²) in [5, 5.41) is 12.8. The molecule has 2 aromatic rings. The fourth-order valence-corrected chi connectivity index (χ4v) is 4.13. The molecule has 1 aromatic heterocycles. The maximum Gasteiger partial charge on any atom is 0.252 e. The Kier molecular flexibility index (Phi) is 7.86. The van der Waals surface area contributed by atoms with Crippen LogP contribution in [0.1, 0.15) is 48.9 Å². The number of carbonyl (C=O) groups is 1. The van der Waals surface area contributed by atoms with Gasteiger partial charge in [-0.15, -0.1) is 0 Å². The largest absolute Gasteiger partial charge is 0.389 e. The molecule has 1 fully saturated rings. The van der Waals surface area contributed by atoms with Gasteiger partial charge in [0.15, 0.2) is 0 Å². The fourth-order valence-electron chi connectivity index (χ4n) is 3.92. The first kappa shape index (κ1) is 22.7. The number of rotatable bonds is 8. The van der Waals surface area contributed by atoms with Gasteiger partial charge in [-0.2, -0.15) is 0 Å². The number of aromatic nitrogens is 2. The zero-order chi connectivity index (χ0) is 21.6. The highest BCUT2D eigenvalue weighted by atomic mass is 35.5. The van der Waals surface area contributed by atoms with Gasteiger partial charge in [-0.3, -0.25) is 4.79 Å². The molecule has 0 saturated heterocycles. The van der Waals surface area contributed by atoms with Crippen molar-refractivity contribution in [2.24, 2.45) is 0 Å². The molecule has 8 heteroatoms. The van der Waals surface area contributed by atoms with E-state index < -0.39 is 12.8 Å². The molecule has 1 unspecified atom stereocenters. The monoisotopic (exact) mass is 437 g/mol. The van der Waals surface area contributed by atoms with Gasteiger partial charge in [0.2, 0.25) is 0 Å². The standard InChI is InChI=1S/C22H29ClFN3O3/c1-30-22(8-4-2-3-5-9-22)14-25-21(29)18-10-16(6-7-19(18)23)20-13-27(15-26-20)12-17(28)11-24/h6-7,10,13,15,17,28H,2-5,8-9,11-12,14H2,1H3,(H,25,29). The van der Waals surface area contributed by atoms with Crippen molar-refractivity contribution >= 4 is 17.5 Å². The van der Waals surface area contributed by atoms with Gasteiger partial charge in [0, 0.05) is 25.4 Å². The number of nitrogens with one attached hydrogen (secondary N) is 1. The Bertz CT molecular complexity index is 850. The molecule has 0 radical (unpaired) electrons. The molecule has 1 saturated carbocycles. The van der Waals surface area contributed by atoms with Crippen LogP contribution in [0.25, 0.3) is 11.3 Å². The number of hydrogen-bond donors (Lipinski definition) is 2. The zero-order valence-corrected chi connectivity index (χ0v) is 18.0. The van der Waals surface area contributed by atoms with E-state index in [2.05, 4.69) is 10.3 Å². The number of ether oxygens (including phenoxy) is 1. The molecule has 1 aliphatic rings. The lowest BCUT2D eigenvalue weighted by Gasteiger charge is -2.31. The van der Waals surface area contributed by atoms with Crippen molar-refractivity contribution in [3.8, 4) is 11.3 Å². The van der Waals surface area contributed by atoms with E-state index in [-0.39, 0.29) is 18.1 Å². The van der Waals surface area contributed by atoms with Gasteiger partial charge in [-0.25, -0.2) is 9.37 Å². The van der Waals surface area contributed by atoms with Crippen molar-refractivity contribution in [1.82, 2.24) is 14.9 Å². The lowest BCUT2D eigenvalue weighted by atomic mass is 9.94. The summed E-state index contributed by atoms with van der Waals surface area (Å²) in [6, 6.07) is 5.14. The van der Waals surface area contributed by atoms with Gasteiger partial charge in [-0.1, -0.05) is 43.4 Å². The highest BCUT2D eigenvalue weighted by Crippen LogP contribution is 2.30. The normalized spacial score (nSPS) is 17.3. The molecule has 1 amide bonds. The van der Waals surface area contributed by atoms with Crippen LogP contribution in [0, 0.1) is 0 Å². The molecule has 0 aliphatic heterocycles. The van der Waals surface area contributed by atoms with Gasteiger partial charge >= 0.3 is 0 Å². The number of carbonyl (C=O) groups excluding carboxylic acids is 1. The van der Waals surface area contributed by atoms with E-state index in [1.807, 2.05) is 0 Å². The van der Waals surface area contributed by atoms with Crippen LogP contribution in [0.2, 0.25) is 5.02 Å². The van der Waals surface area contributed by atoms with Crippen LogP contribution in [0.15, 0.2) is 30.7 Å². The summed E-state index contributed by atoms with van der Waals surface area (Å²) in [6.07, 6.45) is 8.60. The molecule has 0 bridgehead atoms. The van der Waals surface area contributed by atoms with Crippen LogP contribution in [-0.4, -0.2) is 52.6 Å². The van der Waals surface area contributed by atoms with Crippen LogP contribution in [0.3, 0.4) is 0 Å². The second-order valence-electron chi connectivity index (χ2n) is 7.94. The van der Waals surface area contributed by atoms with E-state index in [0.29, 0.717) is 28.4 Å². The third kappa shape index (κ3) is 5.59. The Hall–Kier alpha value is -1.96. The number of benzene rings is 1. The van der Waals surface area contributed by atoms with Crippen molar-refractivity contribution in [3.05, 3.63) is 41.3 Å². The molecule has 1 aromatic carbocycles. The summed E-state index contributed by atoms with van der Waals surface area (Å²) < 4.78 is 19.9. The number of amides is 1. The van der Waals surface area contributed by atoms with Crippen molar-refractivity contribution in [2.75, 3.05) is 20.3 Å². The summed E-state index contributed by atoms with van der Waals surface area (Å²) in [7, 11) is 1.71. The number of nitrogens with zero attached hydrogens (tertiary/aromatic N) is 2. The zero-order valence-electron chi connectivity index (χ0n) is 17.2. The summed E-state index contributed by atoms with van der Waals surface area (Å²) in [5.74, 6) is -0.255. The van der Waals surface area contributed by atoms with Crippen LogP contribution in [-0.2, 0) is 11.3 Å². The van der Waals surface area contributed by atoms with Crippen molar-refractivity contribution in [1.29, 1.82) is 0 Å². The highest BCUT2D eigenvalue weighted by molar-refractivity contribution is 6.34. The molecule has 3 rings (SSSR count). The number of alkyl halides is 1. The van der Waals surface area contributed by atoms with Crippen molar-refractivity contribution in [3.63, 3.8) is 0 Å². The van der Waals surface area contributed by atoms with Gasteiger partial charge in [0.1, 0.15) is 12.8 Å². The highest BCUT2D eigenvalue weighted by Gasteiger charge is 2.31. The van der Waals surface area contributed by atoms with Gasteiger partial charge in [0.25, 0.3) is 5.91 Å². The Morgan fingerprint density at radius 1 is 1.37 bits per heavy atom. The number of methoxy groups -OCH3 is 1. The third-order valence-corrected chi connectivity index (χ3v) is 6.09. The first-order valence-electron chi connectivity index (χ1n) is 10.4.